The second-order valence-corrected chi connectivity index (χ2v) is 5.34. The van der Waals surface area contributed by atoms with Gasteiger partial charge in [-0.05, 0) is 30.8 Å². The predicted octanol–water partition coefficient (Wildman–Crippen LogP) is 1.37. The Hall–Kier alpha value is -0.220. The molecule has 3 N–H and O–H groups in total. The number of thioether (sulfide) groups is 1. The summed E-state index contributed by atoms with van der Waals surface area (Å²) in [6.45, 7) is 2.56. The van der Waals surface area contributed by atoms with Gasteiger partial charge in [-0.15, -0.1) is 0 Å². The molecule has 0 spiro atoms. The molecule has 1 amide bonds. The minimum atomic E-state index is 0.0181. The van der Waals surface area contributed by atoms with E-state index < -0.39 is 0 Å². The molecule has 0 aromatic carbocycles. The van der Waals surface area contributed by atoms with Crippen LogP contribution in [-0.4, -0.2) is 30.0 Å². The van der Waals surface area contributed by atoms with E-state index in [0.717, 1.165) is 25.7 Å². The summed E-state index contributed by atoms with van der Waals surface area (Å²) in [5.74, 6) is 2.53. The number of amides is 1. The summed E-state index contributed by atoms with van der Waals surface area (Å²) >= 11 is 1.97. The van der Waals surface area contributed by atoms with Crippen LogP contribution in [0.2, 0.25) is 0 Å². The number of nitrogens with two attached hydrogens (primary N) is 1. The third-order valence-electron chi connectivity index (χ3n) is 2.86. The van der Waals surface area contributed by atoms with Crippen LogP contribution in [0.15, 0.2) is 0 Å². The lowest BCUT2D eigenvalue weighted by Crippen LogP contribution is -2.42. The van der Waals surface area contributed by atoms with Gasteiger partial charge in [0.15, 0.2) is 0 Å². The molecular formula is C11H22N2OS. The standard InChI is InChI=1S/C11H22N2OS/c1-2-3-9(8-12)11(14)13-10-4-6-15-7-5-10/h9-10H,2-8,12H2,1H3,(H,13,14). The molecule has 1 unspecified atom stereocenters. The fourth-order valence-electron chi connectivity index (χ4n) is 1.87. The molecule has 0 saturated carbocycles. The Labute approximate surface area is 96.6 Å². The molecule has 88 valence electrons. The van der Waals surface area contributed by atoms with Gasteiger partial charge in [0.2, 0.25) is 5.91 Å². The van der Waals surface area contributed by atoms with Crippen LogP contribution in [0.25, 0.3) is 0 Å². The molecule has 4 heteroatoms. The minimum absolute atomic E-state index is 0.0181. The molecule has 1 atom stereocenters. The summed E-state index contributed by atoms with van der Waals surface area (Å²) in [6, 6.07) is 0.393. The number of carbonyl (C=O) groups excluding carboxylic acids is 1. The van der Waals surface area contributed by atoms with Crippen molar-refractivity contribution in [3.63, 3.8) is 0 Å². The van der Waals surface area contributed by atoms with Crippen molar-refractivity contribution >= 4 is 17.7 Å². The lowest BCUT2D eigenvalue weighted by atomic mass is 10.0. The molecule has 1 rings (SSSR count). The molecule has 1 aliphatic heterocycles. The van der Waals surface area contributed by atoms with Gasteiger partial charge < -0.3 is 11.1 Å². The van der Waals surface area contributed by atoms with Crippen LogP contribution in [0, 0.1) is 5.92 Å². The van der Waals surface area contributed by atoms with E-state index in [0.29, 0.717) is 12.6 Å². The molecule has 0 bridgehead atoms. The van der Waals surface area contributed by atoms with Crippen molar-refractivity contribution in [2.24, 2.45) is 11.7 Å². The van der Waals surface area contributed by atoms with Crippen molar-refractivity contribution in [2.75, 3.05) is 18.1 Å². The highest BCUT2D eigenvalue weighted by molar-refractivity contribution is 7.99. The minimum Gasteiger partial charge on any atom is -0.353 e. The van der Waals surface area contributed by atoms with Crippen molar-refractivity contribution in [1.29, 1.82) is 0 Å². The zero-order chi connectivity index (χ0) is 11.1. The van der Waals surface area contributed by atoms with Crippen molar-refractivity contribution < 1.29 is 4.79 Å². The lowest BCUT2D eigenvalue weighted by Gasteiger charge is -2.24. The van der Waals surface area contributed by atoms with Crippen LogP contribution in [0.3, 0.4) is 0 Å². The average molecular weight is 230 g/mol. The first kappa shape index (κ1) is 12.8. The maximum Gasteiger partial charge on any atom is 0.224 e. The van der Waals surface area contributed by atoms with E-state index in [2.05, 4.69) is 12.2 Å². The van der Waals surface area contributed by atoms with Gasteiger partial charge in [0.1, 0.15) is 0 Å². The molecule has 0 aromatic rings. The van der Waals surface area contributed by atoms with Gasteiger partial charge in [-0.3, -0.25) is 4.79 Å². The van der Waals surface area contributed by atoms with Gasteiger partial charge in [-0.2, -0.15) is 11.8 Å². The van der Waals surface area contributed by atoms with Crippen molar-refractivity contribution in [2.45, 2.75) is 38.6 Å². The number of rotatable bonds is 5. The maximum absolute atomic E-state index is 11.8. The van der Waals surface area contributed by atoms with E-state index in [-0.39, 0.29) is 11.8 Å². The molecule has 1 aliphatic rings. The summed E-state index contributed by atoms with van der Waals surface area (Å²) in [6.07, 6.45) is 4.15. The quantitative estimate of drug-likeness (QED) is 0.750. The summed E-state index contributed by atoms with van der Waals surface area (Å²) in [5, 5.41) is 3.12. The van der Waals surface area contributed by atoms with E-state index >= 15 is 0 Å². The zero-order valence-electron chi connectivity index (χ0n) is 9.50. The smallest absolute Gasteiger partial charge is 0.224 e. The predicted molar refractivity (Wildman–Crippen MR) is 65.9 cm³/mol. The Morgan fingerprint density at radius 3 is 2.73 bits per heavy atom. The molecule has 1 saturated heterocycles. The number of hydrogen-bond acceptors (Lipinski definition) is 3. The normalized spacial score (nSPS) is 19.9. The second-order valence-electron chi connectivity index (χ2n) is 4.12. The monoisotopic (exact) mass is 230 g/mol. The van der Waals surface area contributed by atoms with Crippen molar-refractivity contribution in [3.8, 4) is 0 Å². The van der Waals surface area contributed by atoms with E-state index in [1.54, 1.807) is 0 Å². The van der Waals surface area contributed by atoms with Crippen molar-refractivity contribution in [1.82, 2.24) is 5.32 Å². The van der Waals surface area contributed by atoms with Crippen LogP contribution < -0.4 is 11.1 Å². The number of hydrogen-bond donors (Lipinski definition) is 2. The van der Waals surface area contributed by atoms with Gasteiger partial charge in [0, 0.05) is 12.6 Å². The van der Waals surface area contributed by atoms with Gasteiger partial charge >= 0.3 is 0 Å². The Bertz CT molecular complexity index is 193. The fraction of sp³-hybridized carbons (Fsp3) is 0.909. The molecule has 1 heterocycles. The summed E-state index contributed by atoms with van der Waals surface area (Å²) in [4.78, 5) is 11.8. The molecule has 1 fully saturated rings. The van der Waals surface area contributed by atoms with E-state index in [1.807, 2.05) is 11.8 Å². The highest BCUT2D eigenvalue weighted by Crippen LogP contribution is 2.17. The lowest BCUT2D eigenvalue weighted by molar-refractivity contribution is -0.125. The van der Waals surface area contributed by atoms with Crippen LogP contribution in [0.4, 0.5) is 0 Å². The van der Waals surface area contributed by atoms with Gasteiger partial charge in [-0.25, -0.2) is 0 Å². The van der Waals surface area contributed by atoms with Crippen LogP contribution in [0.1, 0.15) is 32.6 Å². The van der Waals surface area contributed by atoms with E-state index in [1.165, 1.54) is 11.5 Å². The first-order valence-electron chi connectivity index (χ1n) is 5.86. The Morgan fingerprint density at radius 2 is 2.20 bits per heavy atom. The molecule has 15 heavy (non-hydrogen) atoms. The summed E-state index contributed by atoms with van der Waals surface area (Å²) in [5.41, 5.74) is 5.60. The first-order chi connectivity index (χ1) is 7.27. The SMILES string of the molecule is CCCC(CN)C(=O)NC1CCSCC1. The Morgan fingerprint density at radius 1 is 1.53 bits per heavy atom. The van der Waals surface area contributed by atoms with Gasteiger partial charge in [0.05, 0.1) is 5.92 Å². The summed E-state index contributed by atoms with van der Waals surface area (Å²) < 4.78 is 0. The average Bonchev–Trinajstić information content (AvgIpc) is 2.27. The maximum atomic E-state index is 11.8. The topological polar surface area (TPSA) is 55.1 Å². The zero-order valence-corrected chi connectivity index (χ0v) is 10.3. The second kappa shape index (κ2) is 7.12. The highest BCUT2D eigenvalue weighted by Gasteiger charge is 2.20. The largest absolute Gasteiger partial charge is 0.353 e. The van der Waals surface area contributed by atoms with Crippen molar-refractivity contribution in [3.05, 3.63) is 0 Å². The molecule has 0 aliphatic carbocycles. The third kappa shape index (κ3) is 4.43. The number of nitrogens with one attached hydrogen (secondary N) is 1. The van der Waals surface area contributed by atoms with Gasteiger partial charge in [-0.1, -0.05) is 13.3 Å². The highest BCUT2D eigenvalue weighted by atomic mass is 32.2. The van der Waals surface area contributed by atoms with Crippen LogP contribution in [0.5, 0.6) is 0 Å². The fourth-order valence-corrected chi connectivity index (χ4v) is 2.97. The van der Waals surface area contributed by atoms with E-state index in [4.69, 9.17) is 5.73 Å². The molecule has 0 radical (unpaired) electrons. The number of carbonyl (C=O) groups is 1. The van der Waals surface area contributed by atoms with E-state index in [9.17, 15) is 4.79 Å². The summed E-state index contributed by atoms with van der Waals surface area (Å²) in [7, 11) is 0. The van der Waals surface area contributed by atoms with Crippen LogP contribution >= 0.6 is 11.8 Å². The third-order valence-corrected chi connectivity index (χ3v) is 3.91. The van der Waals surface area contributed by atoms with Gasteiger partial charge in [0.25, 0.3) is 0 Å². The van der Waals surface area contributed by atoms with Crippen LogP contribution in [-0.2, 0) is 4.79 Å². The first-order valence-corrected chi connectivity index (χ1v) is 7.01. The molecule has 3 nitrogen and oxygen atoms in total. The molecular weight excluding hydrogens is 208 g/mol. The Kier molecular flexibility index (Phi) is 6.10. The Balaban J connectivity index is 2.31. The molecule has 0 aromatic heterocycles.